The van der Waals surface area contributed by atoms with E-state index in [4.69, 9.17) is 11.5 Å². The second kappa shape index (κ2) is 14.8. The molecule has 1 aromatic rings. The number of hydrogen-bond donors (Lipinski definition) is 6. The zero-order valence-electron chi connectivity index (χ0n) is 21.3. The summed E-state index contributed by atoms with van der Waals surface area (Å²) in [5.41, 5.74) is 12.0. The molecule has 0 spiro atoms. The van der Waals surface area contributed by atoms with E-state index in [-0.39, 0.29) is 25.2 Å². The van der Waals surface area contributed by atoms with E-state index in [2.05, 4.69) is 16.0 Å². The average molecular weight is 506 g/mol. The number of hydrogen-bond acceptors (Lipinski definition) is 6. The molecular weight excluding hydrogens is 466 g/mol. The summed E-state index contributed by atoms with van der Waals surface area (Å²) < 4.78 is 0. The van der Waals surface area contributed by atoms with Crippen molar-refractivity contribution in [2.45, 2.75) is 77.5 Å². The Morgan fingerprint density at radius 1 is 0.889 bits per heavy atom. The van der Waals surface area contributed by atoms with Crippen molar-refractivity contribution in [3.63, 3.8) is 0 Å². The first-order valence-corrected chi connectivity index (χ1v) is 12.1. The molecule has 11 nitrogen and oxygen atoms in total. The summed E-state index contributed by atoms with van der Waals surface area (Å²) in [4.78, 5) is 61.8. The molecule has 0 bridgehead atoms. The highest BCUT2D eigenvalue weighted by molar-refractivity contribution is 5.94. The van der Waals surface area contributed by atoms with Gasteiger partial charge >= 0.3 is 5.97 Å². The van der Waals surface area contributed by atoms with Crippen LogP contribution in [-0.2, 0) is 30.4 Å². The summed E-state index contributed by atoms with van der Waals surface area (Å²) in [6, 6.07) is 4.63. The van der Waals surface area contributed by atoms with Crippen molar-refractivity contribution in [2.24, 2.45) is 23.3 Å². The number of carbonyl (C=O) groups is 5. The minimum atomic E-state index is -1.25. The molecule has 0 fully saturated rings. The van der Waals surface area contributed by atoms with Gasteiger partial charge in [-0.3, -0.25) is 19.2 Å². The Kier molecular flexibility index (Phi) is 12.6. The Balaban J connectivity index is 3.15. The zero-order chi connectivity index (χ0) is 27.4. The summed E-state index contributed by atoms with van der Waals surface area (Å²) in [6.07, 6.45) is 0.432. The third kappa shape index (κ3) is 10.0. The van der Waals surface area contributed by atoms with Gasteiger partial charge in [0.2, 0.25) is 23.6 Å². The highest BCUT2D eigenvalue weighted by Crippen LogP contribution is 2.10. The van der Waals surface area contributed by atoms with Crippen LogP contribution in [0.15, 0.2) is 30.3 Å². The topological polar surface area (TPSA) is 194 Å². The molecule has 36 heavy (non-hydrogen) atoms. The predicted octanol–water partition coefficient (Wildman–Crippen LogP) is 0.0630. The second-order valence-electron chi connectivity index (χ2n) is 9.30. The molecule has 0 radical (unpaired) electrons. The van der Waals surface area contributed by atoms with Crippen LogP contribution < -0.4 is 27.4 Å². The van der Waals surface area contributed by atoms with Gasteiger partial charge in [0.05, 0.1) is 6.04 Å². The Morgan fingerprint density at radius 2 is 1.44 bits per heavy atom. The molecule has 200 valence electrons. The number of nitrogens with one attached hydrogen (secondary N) is 3. The smallest absolute Gasteiger partial charge is 0.326 e. The SMILES string of the molecule is CCC(C)C(N)C(=O)NC(Cc1ccccc1)C(=O)NC(CCC(N)=O)C(=O)NC(C(=O)O)C(C)C. The number of primary amides is 1. The van der Waals surface area contributed by atoms with Crippen molar-refractivity contribution < 1.29 is 29.1 Å². The van der Waals surface area contributed by atoms with Gasteiger partial charge < -0.3 is 32.5 Å². The van der Waals surface area contributed by atoms with Gasteiger partial charge in [-0.2, -0.15) is 0 Å². The third-order valence-corrected chi connectivity index (χ3v) is 6.02. The van der Waals surface area contributed by atoms with Gasteiger partial charge in [-0.05, 0) is 23.8 Å². The maximum Gasteiger partial charge on any atom is 0.326 e. The van der Waals surface area contributed by atoms with Crippen LogP contribution in [-0.4, -0.2) is 58.9 Å². The minimum Gasteiger partial charge on any atom is -0.480 e. The highest BCUT2D eigenvalue weighted by atomic mass is 16.4. The van der Waals surface area contributed by atoms with Gasteiger partial charge in [-0.15, -0.1) is 0 Å². The molecule has 8 N–H and O–H groups in total. The lowest BCUT2D eigenvalue weighted by atomic mass is 9.98. The van der Waals surface area contributed by atoms with Crippen molar-refractivity contribution in [1.29, 1.82) is 0 Å². The molecular formula is C25H39N5O6. The van der Waals surface area contributed by atoms with E-state index in [0.29, 0.717) is 6.42 Å². The number of carboxylic acid groups (broad SMARTS) is 1. The molecule has 0 aliphatic rings. The van der Waals surface area contributed by atoms with Crippen molar-refractivity contribution in [1.82, 2.24) is 16.0 Å². The number of aliphatic carboxylic acids is 1. The molecule has 5 unspecified atom stereocenters. The number of carbonyl (C=O) groups excluding carboxylic acids is 4. The molecule has 1 rings (SSSR count). The van der Waals surface area contributed by atoms with E-state index in [9.17, 15) is 29.1 Å². The Labute approximate surface area is 211 Å². The summed E-state index contributed by atoms with van der Waals surface area (Å²) in [5, 5.41) is 17.0. The second-order valence-corrected chi connectivity index (χ2v) is 9.30. The summed E-state index contributed by atoms with van der Waals surface area (Å²) in [5.74, 6) is -4.42. The Morgan fingerprint density at radius 3 is 1.94 bits per heavy atom. The van der Waals surface area contributed by atoms with Gasteiger partial charge in [0.1, 0.15) is 18.1 Å². The van der Waals surface area contributed by atoms with E-state index in [1.54, 1.807) is 38.1 Å². The van der Waals surface area contributed by atoms with Crippen LogP contribution >= 0.6 is 0 Å². The standard InChI is InChI=1S/C25H39N5O6/c1-5-15(4)20(27)24(34)29-18(13-16-9-7-6-8-10-16)23(33)28-17(11-12-19(26)31)22(32)30-21(14(2)3)25(35)36/h6-10,14-15,17-18,20-21H,5,11-13,27H2,1-4H3,(H2,26,31)(H,28,33)(H,29,34)(H,30,32)(H,35,36). The predicted molar refractivity (Wildman–Crippen MR) is 134 cm³/mol. The summed E-state index contributed by atoms with van der Waals surface area (Å²) in [7, 11) is 0. The van der Waals surface area contributed by atoms with Crippen LogP contribution in [0.4, 0.5) is 0 Å². The van der Waals surface area contributed by atoms with Crippen molar-refractivity contribution in [2.75, 3.05) is 0 Å². The lowest BCUT2D eigenvalue weighted by molar-refractivity contribution is -0.143. The zero-order valence-corrected chi connectivity index (χ0v) is 21.3. The largest absolute Gasteiger partial charge is 0.480 e. The van der Waals surface area contributed by atoms with E-state index in [0.717, 1.165) is 5.56 Å². The Bertz CT molecular complexity index is 907. The maximum atomic E-state index is 13.3. The monoisotopic (exact) mass is 505 g/mol. The molecule has 4 amide bonds. The van der Waals surface area contributed by atoms with Gasteiger partial charge in [0, 0.05) is 12.8 Å². The molecule has 0 aliphatic heterocycles. The van der Waals surface area contributed by atoms with Crippen LogP contribution in [0.2, 0.25) is 0 Å². The van der Waals surface area contributed by atoms with Crippen LogP contribution in [0, 0.1) is 11.8 Å². The number of rotatable bonds is 15. The Hall–Kier alpha value is -3.47. The molecule has 0 aromatic heterocycles. The minimum absolute atomic E-state index is 0.122. The summed E-state index contributed by atoms with van der Waals surface area (Å²) >= 11 is 0. The van der Waals surface area contributed by atoms with Gasteiger partial charge in [0.25, 0.3) is 0 Å². The third-order valence-electron chi connectivity index (χ3n) is 6.02. The fourth-order valence-electron chi connectivity index (χ4n) is 3.43. The van der Waals surface area contributed by atoms with Crippen molar-refractivity contribution >= 4 is 29.6 Å². The fraction of sp³-hybridized carbons (Fsp3) is 0.560. The molecule has 1 aromatic carbocycles. The van der Waals surface area contributed by atoms with E-state index in [1.807, 2.05) is 19.9 Å². The summed E-state index contributed by atoms with van der Waals surface area (Å²) in [6.45, 7) is 6.98. The molecule has 5 atom stereocenters. The molecule has 0 saturated heterocycles. The number of nitrogens with two attached hydrogens (primary N) is 2. The van der Waals surface area contributed by atoms with Gasteiger partial charge in [0.15, 0.2) is 0 Å². The van der Waals surface area contributed by atoms with Gasteiger partial charge in [-0.25, -0.2) is 4.79 Å². The normalized spacial score (nSPS) is 15.2. The molecule has 0 saturated carbocycles. The highest BCUT2D eigenvalue weighted by Gasteiger charge is 2.32. The average Bonchev–Trinajstić information content (AvgIpc) is 2.83. The molecule has 11 heteroatoms. The van der Waals surface area contributed by atoms with Crippen LogP contribution in [0.5, 0.6) is 0 Å². The first-order valence-electron chi connectivity index (χ1n) is 12.1. The molecule has 0 aliphatic carbocycles. The van der Waals surface area contributed by atoms with E-state index in [1.165, 1.54) is 0 Å². The lowest BCUT2D eigenvalue weighted by Gasteiger charge is -2.26. The van der Waals surface area contributed by atoms with Crippen molar-refractivity contribution in [3.8, 4) is 0 Å². The first-order chi connectivity index (χ1) is 16.9. The number of carboxylic acids is 1. The number of amides is 4. The van der Waals surface area contributed by atoms with Gasteiger partial charge in [-0.1, -0.05) is 64.4 Å². The van der Waals surface area contributed by atoms with E-state index >= 15 is 0 Å². The van der Waals surface area contributed by atoms with Crippen molar-refractivity contribution in [3.05, 3.63) is 35.9 Å². The van der Waals surface area contributed by atoms with Crippen LogP contribution in [0.25, 0.3) is 0 Å². The maximum absolute atomic E-state index is 13.3. The molecule has 0 heterocycles. The van der Waals surface area contributed by atoms with Crippen LogP contribution in [0.1, 0.15) is 52.5 Å². The number of benzene rings is 1. The first kappa shape index (κ1) is 30.6. The quantitative estimate of drug-likeness (QED) is 0.194. The van der Waals surface area contributed by atoms with Crippen LogP contribution in [0.3, 0.4) is 0 Å². The lowest BCUT2D eigenvalue weighted by Crippen LogP contribution is -2.58. The van der Waals surface area contributed by atoms with E-state index < -0.39 is 59.7 Å². The fourth-order valence-corrected chi connectivity index (χ4v) is 3.43.